The molecule has 1 N–H and O–H groups in total. The van der Waals surface area contributed by atoms with Crippen molar-refractivity contribution in [1.82, 2.24) is 9.88 Å². The number of aromatic amines is 1. The molecule has 0 fully saturated rings. The number of carbonyl (C=O) groups excluding carboxylic acids is 1. The Morgan fingerprint density at radius 2 is 2.04 bits per heavy atom. The van der Waals surface area contributed by atoms with Crippen molar-refractivity contribution in [1.29, 1.82) is 0 Å². The Kier molecular flexibility index (Phi) is 5.47. The summed E-state index contributed by atoms with van der Waals surface area (Å²) in [6.45, 7) is 2.08. The van der Waals surface area contributed by atoms with E-state index >= 15 is 0 Å². The van der Waals surface area contributed by atoms with E-state index in [1.165, 1.54) is 6.08 Å². The molecule has 0 saturated heterocycles. The number of nitrogens with zero attached hydrogens (tertiary/aromatic N) is 1. The molecular formula is C17H19F3N2O. The van der Waals surface area contributed by atoms with Crippen molar-refractivity contribution in [2.24, 2.45) is 0 Å². The predicted octanol–water partition coefficient (Wildman–Crippen LogP) is 4.07. The van der Waals surface area contributed by atoms with Gasteiger partial charge >= 0.3 is 6.18 Å². The van der Waals surface area contributed by atoms with Crippen LogP contribution in [0.4, 0.5) is 13.2 Å². The summed E-state index contributed by atoms with van der Waals surface area (Å²) in [5.41, 5.74) is 2.08. The van der Waals surface area contributed by atoms with Gasteiger partial charge in [0.05, 0.1) is 0 Å². The van der Waals surface area contributed by atoms with Crippen molar-refractivity contribution in [2.75, 3.05) is 13.1 Å². The monoisotopic (exact) mass is 324 g/mol. The van der Waals surface area contributed by atoms with Gasteiger partial charge in [0.2, 0.25) is 5.91 Å². The minimum Gasteiger partial charge on any atom is -0.361 e. The van der Waals surface area contributed by atoms with Gasteiger partial charge in [-0.05, 0) is 24.5 Å². The second-order valence-corrected chi connectivity index (χ2v) is 5.39. The van der Waals surface area contributed by atoms with Crippen LogP contribution in [0.25, 0.3) is 10.9 Å². The molecule has 1 aromatic heterocycles. The van der Waals surface area contributed by atoms with Gasteiger partial charge in [0.15, 0.2) is 0 Å². The number of rotatable bonds is 7. The van der Waals surface area contributed by atoms with E-state index in [0.717, 1.165) is 21.4 Å². The van der Waals surface area contributed by atoms with E-state index in [1.54, 1.807) is 0 Å². The molecule has 1 heterocycles. The molecule has 0 aliphatic rings. The number of nitrogens with one attached hydrogen (secondary N) is 1. The lowest BCUT2D eigenvalue weighted by atomic mass is 10.1. The number of para-hydroxylation sites is 1. The number of aryl methyl sites for hydroxylation is 1. The quantitative estimate of drug-likeness (QED) is 0.766. The SMILES string of the molecule is C=CCN(CC(F)(F)F)C(=O)CCCc1c[nH]c2ccccc12. The molecule has 0 spiro atoms. The molecule has 0 aliphatic heterocycles. The van der Waals surface area contributed by atoms with Gasteiger partial charge in [-0.25, -0.2) is 0 Å². The Hall–Kier alpha value is -2.24. The van der Waals surface area contributed by atoms with Gasteiger partial charge in [-0.3, -0.25) is 4.79 Å². The molecule has 23 heavy (non-hydrogen) atoms. The molecule has 1 amide bonds. The van der Waals surface area contributed by atoms with Gasteiger partial charge in [0.1, 0.15) is 6.54 Å². The van der Waals surface area contributed by atoms with Gasteiger partial charge in [0, 0.05) is 30.1 Å². The molecule has 3 nitrogen and oxygen atoms in total. The summed E-state index contributed by atoms with van der Waals surface area (Å²) in [6.07, 6.45) is 0.0322. The largest absolute Gasteiger partial charge is 0.406 e. The van der Waals surface area contributed by atoms with Crippen LogP contribution in [0.3, 0.4) is 0 Å². The fourth-order valence-corrected chi connectivity index (χ4v) is 2.55. The van der Waals surface area contributed by atoms with Crippen LogP contribution in [-0.2, 0) is 11.2 Å². The second-order valence-electron chi connectivity index (χ2n) is 5.39. The summed E-state index contributed by atoms with van der Waals surface area (Å²) in [5.74, 6) is -0.498. The van der Waals surface area contributed by atoms with Crippen LogP contribution < -0.4 is 0 Å². The van der Waals surface area contributed by atoms with Crippen LogP contribution >= 0.6 is 0 Å². The van der Waals surface area contributed by atoms with Crippen molar-refractivity contribution in [3.63, 3.8) is 0 Å². The minimum atomic E-state index is -4.39. The fraction of sp³-hybridized carbons (Fsp3) is 0.353. The minimum absolute atomic E-state index is 0.0867. The molecule has 0 radical (unpaired) electrons. The molecule has 2 aromatic rings. The number of hydrogen-bond acceptors (Lipinski definition) is 1. The van der Waals surface area contributed by atoms with Crippen LogP contribution in [0.2, 0.25) is 0 Å². The van der Waals surface area contributed by atoms with Crippen molar-refractivity contribution < 1.29 is 18.0 Å². The highest BCUT2D eigenvalue weighted by atomic mass is 19.4. The average Bonchev–Trinajstić information content (AvgIpc) is 2.89. The van der Waals surface area contributed by atoms with Crippen LogP contribution in [0.15, 0.2) is 43.1 Å². The third-order valence-corrected chi connectivity index (χ3v) is 3.58. The summed E-state index contributed by atoms with van der Waals surface area (Å²) < 4.78 is 37.4. The zero-order chi connectivity index (χ0) is 16.9. The molecule has 124 valence electrons. The Bertz CT molecular complexity index is 676. The van der Waals surface area contributed by atoms with Gasteiger partial charge in [-0.1, -0.05) is 24.3 Å². The predicted molar refractivity (Wildman–Crippen MR) is 84.1 cm³/mol. The zero-order valence-electron chi connectivity index (χ0n) is 12.7. The van der Waals surface area contributed by atoms with Crippen molar-refractivity contribution in [3.8, 4) is 0 Å². The summed E-state index contributed by atoms with van der Waals surface area (Å²) in [4.78, 5) is 15.9. The normalized spacial score (nSPS) is 11.6. The summed E-state index contributed by atoms with van der Waals surface area (Å²) >= 11 is 0. The fourth-order valence-electron chi connectivity index (χ4n) is 2.55. The van der Waals surface area contributed by atoms with Crippen LogP contribution in [-0.4, -0.2) is 35.1 Å². The molecule has 6 heteroatoms. The van der Waals surface area contributed by atoms with Gasteiger partial charge in [0.25, 0.3) is 0 Å². The molecule has 0 aliphatic carbocycles. The van der Waals surface area contributed by atoms with Gasteiger partial charge in [-0.2, -0.15) is 13.2 Å². The van der Waals surface area contributed by atoms with E-state index < -0.39 is 18.6 Å². The maximum atomic E-state index is 12.5. The van der Waals surface area contributed by atoms with E-state index in [4.69, 9.17) is 0 Å². The molecule has 0 atom stereocenters. The number of aromatic nitrogens is 1. The number of amides is 1. The average molecular weight is 324 g/mol. The molecule has 0 bridgehead atoms. The lowest BCUT2D eigenvalue weighted by Crippen LogP contribution is -2.39. The molecule has 2 rings (SSSR count). The Morgan fingerprint density at radius 3 is 2.74 bits per heavy atom. The van der Waals surface area contributed by atoms with Crippen LogP contribution in [0.1, 0.15) is 18.4 Å². The number of carbonyl (C=O) groups is 1. The lowest BCUT2D eigenvalue weighted by molar-refractivity contribution is -0.160. The Labute approximate surface area is 132 Å². The van der Waals surface area contributed by atoms with E-state index in [-0.39, 0.29) is 13.0 Å². The lowest BCUT2D eigenvalue weighted by Gasteiger charge is -2.22. The number of benzene rings is 1. The molecule has 0 unspecified atom stereocenters. The van der Waals surface area contributed by atoms with E-state index in [2.05, 4.69) is 11.6 Å². The van der Waals surface area contributed by atoms with Gasteiger partial charge in [-0.15, -0.1) is 6.58 Å². The Morgan fingerprint density at radius 1 is 1.30 bits per heavy atom. The smallest absolute Gasteiger partial charge is 0.361 e. The number of hydrogen-bond donors (Lipinski definition) is 1. The summed E-state index contributed by atoms with van der Waals surface area (Å²) in [6, 6.07) is 7.80. The first-order valence-corrected chi connectivity index (χ1v) is 7.41. The first-order valence-electron chi connectivity index (χ1n) is 7.41. The van der Waals surface area contributed by atoms with E-state index in [1.807, 2.05) is 30.5 Å². The number of alkyl halides is 3. The number of H-pyrrole nitrogens is 1. The third-order valence-electron chi connectivity index (χ3n) is 3.58. The summed E-state index contributed by atoms with van der Waals surface area (Å²) in [5, 5.41) is 1.08. The first-order chi connectivity index (χ1) is 10.9. The van der Waals surface area contributed by atoms with Crippen molar-refractivity contribution >= 4 is 16.8 Å². The first kappa shape index (κ1) is 17.1. The maximum Gasteiger partial charge on any atom is 0.406 e. The van der Waals surface area contributed by atoms with Crippen molar-refractivity contribution in [2.45, 2.75) is 25.4 Å². The van der Waals surface area contributed by atoms with Gasteiger partial charge < -0.3 is 9.88 Å². The Balaban J connectivity index is 1.91. The highest BCUT2D eigenvalue weighted by Crippen LogP contribution is 2.20. The number of halogens is 3. The number of fused-ring (bicyclic) bond motifs is 1. The topological polar surface area (TPSA) is 36.1 Å². The molecular weight excluding hydrogens is 305 g/mol. The zero-order valence-corrected chi connectivity index (χ0v) is 12.7. The van der Waals surface area contributed by atoms with Crippen molar-refractivity contribution in [3.05, 3.63) is 48.7 Å². The van der Waals surface area contributed by atoms with E-state index in [9.17, 15) is 18.0 Å². The van der Waals surface area contributed by atoms with Crippen LogP contribution in [0.5, 0.6) is 0 Å². The maximum absolute atomic E-state index is 12.5. The molecule has 0 saturated carbocycles. The highest BCUT2D eigenvalue weighted by molar-refractivity contribution is 5.83. The summed E-state index contributed by atoms with van der Waals surface area (Å²) in [7, 11) is 0. The second kappa shape index (κ2) is 7.35. The standard InChI is InChI=1S/C17H19F3N2O/c1-2-10-22(12-17(18,19)20)16(23)9-5-6-13-11-21-15-8-4-3-7-14(13)15/h2-4,7-8,11,21H,1,5-6,9-10,12H2. The molecule has 1 aromatic carbocycles. The van der Waals surface area contributed by atoms with E-state index in [0.29, 0.717) is 12.8 Å². The highest BCUT2D eigenvalue weighted by Gasteiger charge is 2.32. The third kappa shape index (κ3) is 4.87. The van der Waals surface area contributed by atoms with Crippen LogP contribution in [0, 0.1) is 0 Å².